The molecule has 1 aliphatic rings. The molecular weight excluding hydrogens is 370 g/mol. The highest BCUT2D eigenvalue weighted by atomic mass is 16.5. The van der Waals surface area contributed by atoms with Crippen LogP contribution >= 0.6 is 0 Å². The predicted octanol–water partition coefficient (Wildman–Crippen LogP) is 3.37. The van der Waals surface area contributed by atoms with E-state index < -0.39 is 0 Å². The van der Waals surface area contributed by atoms with Crippen molar-refractivity contribution in [3.05, 3.63) is 28.8 Å². The normalized spacial score (nSPS) is 14.5. The summed E-state index contributed by atoms with van der Waals surface area (Å²) in [6, 6.07) is 3.94. The van der Waals surface area contributed by atoms with E-state index in [1.165, 1.54) is 26.3 Å². The van der Waals surface area contributed by atoms with Crippen LogP contribution in [0.3, 0.4) is 0 Å². The van der Waals surface area contributed by atoms with Crippen molar-refractivity contribution in [3.8, 4) is 11.5 Å². The summed E-state index contributed by atoms with van der Waals surface area (Å²) in [6.07, 6.45) is 7.19. The van der Waals surface area contributed by atoms with Crippen LogP contribution in [0.1, 0.15) is 52.4 Å². The Morgan fingerprint density at radius 1 is 1.21 bits per heavy atom. The minimum absolute atomic E-state index is 0.139. The van der Waals surface area contributed by atoms with E-state index in [-0.39, 0.29) is 17.5 Å². The number of amides is 1. The van der Waals surface area contributed by atoms with Crippen LogP contribution in [0.15, 0.2) is 23.3 Å². The molecule has 2 aromatic rings. The van der Waals surface area contributed by atoms with Gasteiger partial charge in [-0.2, -0.15) is 0 Å². The molecule has 7 heteroatoms. The van der Waals surface area contributed by atoms with Crippen molar-refractivity contribution < 1.29 is 14.3 Å². The van der Waals surface area contributed by atoms with Gasteiger partial charge >= 0.3 is 0 Å². The van der Waals surface area contributed by atoms with Crippen molar-refractivity contribution in [1.29, 1.82) is 0 Å². The second kappa shape index (κ2) is 9.29. The van der Waals surface area contributed by atoms with Gasteiger partial charge in [-0.05, 0) is 39.2 Å². The van der Waals surface area contributed by atoms with Crippen LogP contribution in [0.25, 0.3) is 10.9 Å². The first-order valence-corrected chi connectivity index (χ1v) is 10.4. The number of methoxy groups -OCH3 is 2. The van der Waals surface area contributed by atoms with Crippen LogP contribution in [0, 0.1) is 0 Å². The molecule has 1 fully saturated rings. The molecule has 3 rings (SSSR count). The number of carbonyl (C=O) groups excluding carboxylic acids is 1. The Kier molecular flexibility index (Phi) is 6.77. The van der Waals surface area contributed by atoms with Crippen molar-refractivity contribution in [2.75, 3.05) is 14.2 Å². The lowest BCUT2D eigenvalue weighted by Gasteiger charge is -2.33. The molecule has 0 N–H and O–H groups in total. The van der Waals surface area contributed by atoms with Crippen LogP contribution in [-0.2, 0) is 11.3 Å². The Hall–Kier alpha value is -2.57. The van der Waals surface area contributed by atoms with Crippen LogP contribution < -0.4 is 15.0 Å². The number of benzene rings is 1. The molecular formula is C22H31N3O4. The van der Waals surface area contributed by atoms with Crippen LogP contribution in [0.4, 0.5) is 0 Å². The Morgan fingerprint density at radius 2 is 1.86 bits per heavy atom. The van der Waals surface area contributed by atoms with Gasteiger partial charge in [0.2, 0.25) is 5.91 Å². The van der Waals surface area contributed by atoms with Crippen molar-refractivity contribution in [2.24, 2.45) is 0 Å². The third-order valence-electron chi connectivity index (χ3n) is 5.68. The van der Waals surface area contributed by atoms with E-state index in [1.54, 1.807) is 23.8 Å². The van der Waals surface area contributed by atoms with Crippen LogP contribution in [-0.4, -0.2) is 46.7 Å². The van der Waals surface area contributed by atoms with Gasteiger partial charge in [0, 0.05) is 31.1 Å². The minimum atomic E-state index is -0.139. The fraction of sp³-hybridized carbons (Fsp3) is 0.591. The fourth-order valence-electron chi connectivity index (χ4n) is 4.27. The first kappa shape index (κ1) is 21.1. The zero-order valence-corrected chi connectivity index (χ0v) is 17.8. The molecule has 0 radical (unpaired) electrons. The van der Waals surface area contributed by atoms with Gasteiger partial charge in [-0.1, -0.05) is 12.8 Å². The summed E-state index contributed by atoms with van der Waals surface area (Å²) < 4.78 is 12.1. The van der Waals surface area contributed by atoms with Gasteiger partial charge in [0.15, 0.2) is 11.5 Å². The monoisotopic (exact) mass is 401 g/mol. The average Bonchev–Trinajstić information content (AvgIpc) is 3.22. The molecule has 0 unspecified atom stereocenters. The number of rotatable bonds is 8. The highest BCUT2D eigenvalue weighted by Gasteiger charge is 2.28. The van der Waals surface area contributed by atoms with Gasteiger partial charge < -0.3 is 14.4 Å². The van der Waals surface area contributed by atoms with E-state index >= 15 is 0 Å². The molecule has 1 aliphatic carbocycles. The highest BCUT2D eigenvalue weighted by molar-refractivity contribution is 5.81. The summed E-state index contributed by atoms with van der Waals surface area (Å²) in [6.45, 7) is 4.61. The van der Waals surface area contributed by atoms with E-state index in [9.17, 15) is 9.59 Å². The molecule has 0 atom stereocenters. The smallest absolute Gasteiger partial charge is 0.261 e. The lowest BCUT2D eigenvalue weighted by atomic mass is 10.1. The van der Waals surface area contributed by atoms with Gasteiger partial charge in [-0.3, -0.25) is 14.2 Å². The molecule has 158 valence electrons. The van der Waals surface area contributed by atoms with Crippen LogP contribution in [0.5, 0.6) is 11.5 Å². The van der Waals surface area contributed by atoms with Gasteiger partial charge in [0.1, 0.15) is 0 Å². The molecule has 1 heterocycles. The maximum absolute atomic E-state index is 12.9. The number of aryl methyl sites for hydroxylation is 1. The topological polar surface area (TPSA) is 73.7 Å². The van der Waals surface area contributed by atoms with Crippen LogP contribution in [0.2, 0.25) is 0 Å². The van der Waals surface area contributed by atoms with Gasteiger partial charge in [-0.15, -0.1) is 0 Å². The van der Waals surface area contributed by atoms with Gasteiger partial charge in [0.05, 0.1) is 31.4 Å². The zero-order valence-electron chi connectivity index (χ0n) is 17.8. The van der Waals surface area contributed by atoms with Crippen molar-refractivity contribution in [3.63, 3.8) is 0 Å². The van der Waals surface area contributed by atoms with E-state index in [0.29, 0.717) is 47.8 Å². The van der Waals surface area contributed by atoms with Crippen molar-refractivity contribution in [2.45, 2.75) is 71.0 Å². The number of carbonyl (C=O) groups is 1. The molecule has 0 bridgehead atoms. The molecule has 7 nitrogen and oxygen atoms in total. The van der Waals surface area contributed by atoms with E-state index in [4.69, 9.17) is 9.47 Å². The zero-order chi connectivity index (χ0) is 21.0. The summed E-state index contributed by atoms with van der Waals surface area (Å²) in [5, 5.41) is 0.478. The Balaban J connectivity index is 1.71. The Labute approximate surface area is 171 Å². The molecule has 29 heavy (non-hydrogen) atoms. The standard InChI is InChI=1S/C22H31N3O4/c1-15(2)25(16-8-5-6-9-16)21(26)10-7-11-24-14-23-18-13-20(29-4)19(28-3)12-17(18)22(24)27/h12-16H,5-11H2,1-4H3. The number of aromatic nitrogens is 2. The van der Waals surface area contributed by atoms with E-state index in [0.717, 1.165) is 12.8 Å². The van der Waals surface area contributed by atoms with Gasteiger partial charge in [0.25, 0.3) is 5.56 Å². The molecule has 0 spiro atoms. The Bertz CT molecular complexity index is 916. The molecule has 0 saturated heterocycles. The number of hydrogen-bond acceptors (Lipinski definition) is 5. The third kappa shape index (κ3) is 4.54. The molecule has 1 aromatic carbocycles. The quantitative estimate of drug-likeness (QED) is 0.678. The Morgan fingerprint density at radius 3 is 2.48 bits per heavy atom. The van der Waals surface area contributed by atoms with E-state index in [1.807, 2.05) is 4.90 Å². The fourth-order valence-corrected chi connectivity index (χ4v) is 4.27. The van der Waals surface area contributed by atoms with E-state index in [2.05, 4.69) is 18.8 Å². The average molecular weight is 402 g/mol. The summed E-state index contributed by atoms with van der Waals surface area (Å²) in [7, 11) is 3.09. The summed E-state index contributed by atoms with van der Waals surface area (Å²) in [4.78, 5) is 32.1. The SMILES string of the molecule is COc1cc2ncn(CCCC(=O)N(C(C)C)C3CCCC3)c(=O)c2cc1OC. The number of nitrogens with zero attached hydrogens (tertiary/aromatic N) is 3. The summed E-state index contributed by atoms with van der Waals surface area (Å²) in [5.41, 5.74) is 0.423. The number of hydrogen-bond donors (Lipinski definition) is 0. The number of ether oxygens (including phenoxy) is 2. The van der Waals surface area contributed by atoms with Crippen molar-refractivity contribution in [1.82, 2.24) is 14.5 Å². The maximum Gasteiger partial charge on any atom is 0.261 e. The third-order valence-corrected chi connectivity index (χ3v) is 5.68. The second-order valence-corrected chi connectivity index (χ2v) is 7.90. The minimum Gasteiger partial charge on any atom is -0.493 e. The molecule has 1 amide bonds. The lowest BCUT2D eigenvalue weighted by molar-refractivity contribution is -0.135. The first-order valence-electron chi connectivity index (χ1n) is 10.4. The van der Waals surface area contributed by atoms with Crippen molar-refractivity contribution >= 4 is 16.8 Å². The predicted molar refractivity (Wildman–Crippen MR) is 113 cm³/mol. The molecule has 1 aromatic heterocycles. The highest BCUT2D eigenvalue weighted by Crippen LogP contribution is 2.30. The number of fused-ring (bicyclic) bond motifs is 1. The lowest BCUT2D eigenvalue weighted by Crippen LogP contribution is -2.43. The molecule has 1 saturated carbocycles. The summed E-state index contributed by atoms with van der Waals surface area (Å²) in [5.74, 6) is 1.21. The molecule has 0 aliphatic heterocycles. The maximum atomic E-state index is 12.9. The first-order chi connectivity index (χ1) is 14.0. The second-order valence-electron chi connectivity index (χ2n) is 7.90. The summed E-state index contributed by atoms with van der Waals surface area (Å²) >= 11 is 0. The largest absolute Gasteiger partial charge is 0.493 e. The van der Waals surface area contributed by atoms with Gasteiger partial charge in [-0.25, -0.2) is 4.98 Å².